The molecular weight excluding hydrogens is 200 g/mol. The third-order valence-electron chi connectivity index (χ3n) is 3.49. The van der Waals surface area contributed by atoms with Gasteiger partial charge in [-0.2, -0.15) is 0 Å². The summed E-state index contributed by atoms with van der Waals surface area (Å²) in [6.45, 7) is 2.08. The lowest BCUT2D eigenvalue weighted by Crippen LogP contribution is -2.03. The standard InChI is InChI=1S/C14H18O2/c1-10-9-12(14(15)16-2)7-8-13(10)11-5-3-4-6-11/h7-9,11H,3-6H2,1-2H3. The Labute approximate surface area is 96.6 Å². The van der Waals surface area contributed by atoms with Crippen molar-refractivity contribution < 1.29 is 9.53 Å². The van der Waals surface area contributed by atoms with Crippen LogP contribution in [0.4, 0.5) is 0 Å². The van der Waals surface area contributed by atoms with Gasteiger partial charge in [0.1, 0.15) is 0 Å². The van der Waals surface area contributed by atoms with Crippen molar-refractivity contribution in [1.29, 1.82) is 0 Å². The Bertz CT molecular complexity index is 390. The van der Waals surface area contributed by atoms with Gasteiger partial charge in [0.05, 0.1) is 12.7 Å². The minimum Gasteiger partial charge on any atom is -0.465 e. The van der Waals surface area contributed by atoms with Crippen LogP contribution in [-0.2, 0) is 4.74 Å². The highest BCUT2D eigenvalue weighted by Crippen LogP contribution is 2.35. The first-order chi connectivity index (χ1) is 7.72. The van der Waals surface area contributed by atoms with E-state index in [1.165, 1.54) is 43.9 Å². The zero-order chi connectivity index (χ0) is 11.5. The molecule has 16 heavy (non-hydrogen) atoms. The van der Waals surface area contributed by atoms with Crippen molar-refractivity contribution in [3.8, 4) is 0 Å². The summed E-state index contributed by atoms with van der Waals surface area (Å²) in [5.74, 6) is 0.452. The number of carbonyl (C=O) groups excluding carboxylic acids is 1. The first-order valence-electron chi connectivity index (χ1n) is 5.91. The molecule has 0 heterocycles. The maximum atomic E-state index is 11.4. The highest BCUT2D eigenvalue weighted by atomic mass is 16.5. The van der Waals surface area contributed by atoms with Gasteiger partial charge in [0.25, 0.3) is 0 Å². The Hall–Kier alpha value is -1.31. The predicted octanol–water partition coefficient (Wildman–Crippen LogP) is 3.44. The van der Waals surface area contributed by atoms with Gasteiger partial charge in [-0.05, 0) is 48.9 Å². The molecule has 2 heteroatoms. The molecular formula is C14H18O2. The number of carbonyl (C=O) groups is 1. The summed E-state index contributed by atoms with van der Waals surface area (Å²) in [5.41, 5.74) is 3.28. The van der Waals surface area contributed by atoms with Gasteiger partial charge in [-0.3, -0.25) is 0 Å². The van der Waals surface area contributed by atoms with Crippen molar-refractivity contribution in [2.24, 2.45) is 0 Å². The van der Waals surface area contributed by atoms with Crippen LogP contribution < -0.4 is 0 Å². The molecule has 86 valence electrons. The molecule has 1 saturated carbocycles. The summed E-state index contributed by atoms with van der Waals surface area (Å²) in [6, 6.07) is 5.92. The maximum Gasteiger partial charge on any atom is 0.337 e. The van der Waals surface area contributed by atoms with Gasteiger partial charge < -0.3 is 4.74 Å². The predicted molar refractivity (Wildman–Crippen MR) is 63.7 cm³/mol. The molecule has 0 aromatic heterocycles. The zero-order valence-electron chi connectivity index (χ0n) is 9.95. The number of ether oxygens (including phenoxy) is 1. The number of rotatable bonds is 2. The van der Waals surface area contributed by atoms with Crippen molar-refractivity contribution in [2.45, 2.75) is 38.5 Å². The largest absolute Gasteiger partial charge is 0.465 e. The molecule has 0 unspecified atom stereocenters. The molecule has 0 atom stereocenters. The number of aryl methyl sites for hydroxylation is 1. The summed E-state index contributed by atoms with van der Waals surface area (Å²) in [7, 11) is 1.42. The molecule has 0 aliphatic heterocycles. The Morgan fingerprint density at radius 1 is 1.31 bits per heavy atom. The molecule has 2 nitrogen and oxygen atoms in total. The molecule has 1 aliphatic rings. The highest BCUT2D eigenvalue weighted by Gasteiger charge is 2.19. The fourth-order valence-corrected chi connectivity index (χ4v) is 2.62. The number of methoxy groups -OCH3 is 1. The second kappa shape index (κ2) is 4.69. The van der Waals surface area contributed by atoms with Gasteiger partial charge in [-0.25, -0.2) is 4.79 Å². The van der Waals surface area contributed by atoms with Crippen molar-refractivity contribution >= 4 is 5.97 Å². The van der Waals surface area contributed by atoms with Crippen LogP contribution in [0.1, 0.15) is 53.1 Å². The smallest absolute Gasteiger partial charge is 0.337 e. The van der Waals surface area contributed by atoms with Gasteiger partial charge in [0.15, 0.2) is 0 Å². The van der Waals surface area contributed by atoms with Crippen molar-refractivity contribution in [3.05, 3.63) is 34.9 Å². The van der Waals surface area contributed by atoms with E-state index in [9.17, 15) is 4.79 Å². The Balaban J connectivity index is 2.25. The number of hydrogen-bond donors (Lipinski definition) is 0. The van der Waals surface area contributed by atoms with Gasteiger partial charge in [-0.15, -0.1) is 0 Å². The average molecular weight is 218 g/mol. The van der Waals surface area contributed by atoms with Crippen LogP contribution >= 0.6 is 0 Å². The fourth-order valence-electron chi connectivity index (χ4n) is 2.62. The van der Waals surface area contributed by atoms with Crippen molar-refractivity contribution in [2.75, 3.05) is 7.11 Å². The van der Waals surface area contributed by atoms with E-state index in [0.29, 0.717) is 11.5 Å². The topological polar surface area (TPSA) is 26.3 Å². The molecule has 0 N–H and O–H groups in total. The van der Waals surface area contributed by atoms with Crippen LogP contribution in [0, 0.1) is 6.92 Å². The molecule has 1 aliphatic carbocycles. The van der Waals surface area contributed by atoms with E-state index >= 15 is 0 Å². The molecule has 0 radical (unpaired) electrons. The van der Waals surface area contributed by atoms with E-state index in [1.807, 2.05) is 12.1 Å². The van der Waals surface area contributed by atoms with Gasteiger partial charge in [0, 0.05) is 0 Å². The first kappa shape index (κ1) is 11.2. The third kappa shape index (κ3) is 2.11. The molecule has 0 spiro atoms. The van der Waals surface area contributed by atoms with E-state index in [1.54, 1.807) is 0 Å². The maximum absolute atomic E-state index is 11.4. The second-order valence-corrected chi connectivity index (χ2v) is 4.54. The first-order valence-corrected chi connectivity index (χ1v) is 5.91. The van der Waals surface area contributed by atoms with Crippen LogP contribution in [0.5, 0.6) is 0 Å². The van der Waals surface area contributed by atoms with Gasteiger partial charge in [0.2, 0.25) is 0 Å². The minimum atomic E-state index is -0.249. The lowest BCUT2D eigenvalue weighted by Gasteiger charge is -2.13. The average Bonchev–Trinajstić information content (AvgIpc) is 2.81. The fraction of sp³-hybridized carbons (Fsp3) is 0.500. The monoisotopic (exact) mass is 218 g/mol. The lowest BCUT2D eigenvalue weighted by atomic mass is 9.92. The van der Waals surface area contributed by atoms with Crippen molar-refractivity contribution in [1.82, 2.24) is 0 Å². The van der Waals surface area contributed by atoms with Crippen LogP contribution in [-0.4, -0.2) is 13.1 Å². The van der Waals surface area contributed by atoms with E-state index in [0.717, 1.165) is 0 Å². The van der Waals surface area contributed by atoms with E-state index in [4.69, 9.17) is 4.74 Å². The zero-order valence-corrected chi connectivity index (χ0v) is 9.95. The lowest BCUT2D eigenvalue weighted by molar-refractivity contribution is 0.0600. The molecule has 0 bridgehead atoms. The highest BCUT2D eigenvalue weighted by molar-refractivity contribution is 5.89. The van der Waals surface area contributed by atoms with Crippen LogP contribution in [0.3, 0.4) is 0 Å². The SMILES string of the molecule is COC(=O)c1ccc(C2CCCC2)c(C)c1. The molecule has 1 aromatic carbocycles. The Kier molecular flexibility index (Phi) is 3.28. The summed E-state index contributed by atoms with van der Waals surface area (Å²) in [4.78, 5) is 11.4. The normalized spacial score (nSPS) is 16.4. The van der Waals surface area contributed by atoms with Crippen molar-refractivity contribution in [3.63, 3.8) is 0 Å². The van der Waals surface area contributed by atoms with E-state index in [2.05, 4.69) is 13.0 Å². The van der Waals surface area contributed by atoms with Crippen LogP contribution in [0.25, 0.3) is 0 Å². The number of esters is 1. The quantitative estimate of drug-likeness (QED) is 0.711. The molecule has 1 fully saturated rings. The molecule has 2 rings (SSSR count). The molecule has 0 saturated heterocycles. The third-order valence-corrected chi connectivity index (χ3v) is 3.49. The summed E-state index contributed by atoms with van der Waals surface area (Å²) < 4.78 is 4.72. The summed E-state index contributed by atoms with van der Waals surface area (Å²) in [6.07, 6.45) is 5.25. The molecule has 1 aromatic rings. The minimum absolute atomic E-state index is 0.249. The van der Waals surface area contributed by atoms with E-state index < -0.39 is 0 Å². The van der Waals surface area contributed by atoms with Gasteiger partial charge >= 0.3 is 5.97 Å². The number of hydrogen-bond acceptors (Lipinski definition) is 2. The van der Waals surface area contributed by atoms with Crippen LogP contribution in [0.2, 0.25) is 0 Å². The Morgan fingerprint density at radius 3 is 2.56 bits per heavy atom. The second-order valence-electron chi connectivity index (χ2n) is 4.54. The van der Waals surface area contributed by atoms with Gasteiger partial charge in [-0.1, -0.05) is 18.9 Å². The number of benzene rings is 1. The Morgan fingerprint density at radius 2 is 2.00 bits per heavy atom. The summed E-state index contributed by atoms with van der Waals surface area (Å²) >= 11 is 0. The van der Waals surface area contributed by atoms with E-state index in [-0.39, 0.29) is 5.97 Å². The summed E-state index contributed by atoms with van der Waals surface area (Å²) in [5, 5.41) is 0. The van der Waals surface area contributed by atoms with Crippen LogP contribution in [0.15, 0.2) is 18.2 Å². The molecule has 0 amide bonds.